The van der Waals surface area contributed by atoms with E-state index in [4.69, 9.17) is 0 Å². The molecule has 8 nitrogen and oxygen atoms in total. The first-order valence-electron chi connectivity index (χ1n) is 6.44. The summed E-state index contributed by atoms with van der Waals surface area (Å²) in [4.78, 5) is 35.9. The number of rotatable bonds is 4. The van der Waals surface area contributed by atoms with Crippen molar-refractivity contribution in [1.29, 1.82) is 0 Å². The number of nitrogens with zero attached hydrogens (tertiary/aromatic N) is 2. The lowest BCUT2D eigenvalue weighted by Crippen LogP contribution is -2.45. The highest BCUT2D eigenvalue weighted by Crippen LogP contribution is 2.15. The molecule has 1 fully saturated rings. The van der Waals surface area contributed by atoms with E-state index in [1.807, 2.05) is 0 Å². The number of hydrogen-bond acceptors (Lipinski definition) is 5. The molecule has 0 radical (unpaired) electrons. The minimum absolute atomic E-state index is 0.0574. The molecular formula is C13H15N3O5S. The smallest absolute Gasteiger partial charge is 0.324 e. The van der Waals surface area contributed by atoms with Gasteiger partial charge in [-0.15, -0.1) is 0 Å². The lowest BCUT2D eigenvalue weighted by Gasteiger charge is -2.19. The van der Waals surface area contributed by atoms with Crippen molar-refractivity contribution in [1.82, 2.24) is 14.5 Å². The van der Waals surface area contributed by atoms with Crippen LogP contribution < -0.4 is 5.32 Å². The zero-order chi connectivity index (χ0) is 16.3. The highest BCUT2D eigenvalue weighted by atomic mass is 32.2. The number of amides is 4. The number of carbonyl (C=O) groups excluding carboxylic acids is 3. The number of aldehydes is 1. The largest absolute Gasteiger partial charge is 0.341 e. The summed E-state index contributed by atoms with van der Waals surface area (Å²) in [7, 11) is -3.71. The average Bonchev–Trinajstić information content (AvgIpc) is 2.87. The Morgan fingerprint density at radius 3 is 2.41 bits per heavy atom. The van der Waals surface area contributed by atoms with Crippen LogP contribution in [0.5, 0.6) is 0 Å². The van der Waals surface area contributed by atoms with Crippen LogP contribution in [0.3, 0.4) is 0 Å². The summed E-state index contributed by atoms with van der Waals surface area (Å²) in [5, 5.41) is 2.40. The maximum Gasteiger partial charge on any atom is 0.341 e. The molecule has 1 aromatic carbocycles. The van der Waals surface area contributed by atoms with Gasteiger partial charge in [0.05, 0.1) is 19.3 Å². The lowest BCUT2D eigenvalue weighted by atomic mass is 10.1. The monoisotopic (exact) mass is 325 g/mol. The second kappa shape index (κ2) is 6.14. The van der Waals surface area contributed by atoms with Crippen LogP contribution in [-0.2, 0) is 14.8 Å². The molecular weight excluding hydrogens is 310 g/mol. The Labute approximate surface area is 127 Å². The van der Waals surface area contributed by atoms with Gasteiger partial charge in [-0.1, -0.05) is 30.3 Å². The zero-order valence-corrected chi connectivity index (χ0v) is 12.6. The maximum atomic E-state index is 12.1. The van der Waals surface area contributed by atoms with E-state index >= 15 is 0 Å². The quantitative estimate of drug-likeness (QED) is 0.804. The Kier molecular flexibility index (Phi) is 4.45. The van der Waals surface area contributed by atoms with E-state index in [1.54, 1.807) is 30.3 Å². The highest BCUT2D eigenvalue weighted by molar-refractivity contribution is 7.88. The van der Waals surface area contributed by atoms with Gasteiger partial charge in [0.25, 0.3) is 0 Å². The highest BCUT2D eigenvalue weighted by Gasteiger charge is 2.38. The molecule has 1 saturated heterocycles. The van der Waals surface area contributed by atoms with E-state index in [1.165, 1.54) is 0 Å². The Morgan fingerprint density at radius 2 is 1.91 bits per heavy atom. The van der Waals surface area contributed by atoms with E-state index < -0.39 is 28.1 Å². The summed E-state index contributed by atoms with van der Waals surface area (Å²) in [6.07, 6.45) is 1.44. The van der Waals surface area contributed by atoms with Crippen molar-refractivity contribution in [3.05, 3.63) is 35.9 Å². The fourth-order valence-corrected chi connectivity index (χ4v) is 2.88. The summed E-state index contributed by atoms with van der Waals surface area (Å²) in [5.74, 6) is 0. The second-order valence-corrected chi connectivity index (χ2v) is 6.65. The molecule has 0 aliphatic carbocycles. The van der Waals surface area contributed by atoms with E-state index in [2.05, 4.69) is 5.32 Å². The Bertz CT molecular complexity index is 689. The number of nitrogens with one attached hydrogen (secondary N) is 1. The van der Waals surface area contributed by atoms with Crippen LogP contribution in [0, 0.1) is 0 Å². The number of hydrogen-bond donors (Lipinski definition) is 1. The molecule has 1 aliphatic rings. The molecule has 9 heteroatoms. The summed E-state index contributed by atoms with van der Waals surface area (Å²) >= 11 is 0. The molecule has 1 heterocycles. The topological polar surface area (TPSA) is 104 Å². The number of imide groups is 1. The van der Waals surface area contributed by atoms with E-state index in [9.17, 15) is 22.8 Å². The predicted molar refractivity (Wildman–Crippen MR) is 77.4 cm³/mol. The van der Waals surface area contributed by atoms with Crippen LogP contribution in [0.1, 0.15) is 11.6 Å². The standard InChI is InChI=1S/C13H15N3O5S/c1-22(20,21)16-8-7-15(13(16)19)12(18)14-11(9-17)10-5-3-2-4-6-10/h2-6,9,11H,7-8H2,1H3,(H,14,18). The van der Waals surface area contributed by atoms with Gasteiger partial charge >= 0.3 is 12.1 Å². The minimum Gasteiger partial charge on any atom is -0.324 e. The van der Waals surface area contributed by atoms with Crippen LogP contribution >= 0.6 is 0 Å². The van der Waals surface area contributed by atoms with Crippen LogP contribution in [0.2, 0.25) is 0 Å². The second-order valence-electron chi connectivity index (χ2n) is 4.74. The molecule has 22 heavy (non-hydrogen) atoms. The first-order valence-corrected chi connectivity index (χ1v) is 8.29. The van der Waals surface area contributed by atoms with Gasteiger partial charge in [-0.25, -0.2) is 27.2 Å². The fraction of sp³-hybridized carbons (Fsp3) is 0.308. The van der Waals surface area contributed by atoms with Gasteiger partial charge < -0.3 is 10.1 Å². The molecule has 1 atom stereocenters. The molecule has 0 spiro atoms. The normalized spacial score (nSPS) is 16.5. The molecule has 1 aromatic rings. The summed E-state index contributed by atoms with van der Waals surface area (Å²) in [6.45, 7) is -0.152. The molecule has 4 amide bonds. The van der Waals surface area contributed by atoms with Crippen molar-refractivity contribution in [2.24, 2.45) is 0 Å². The van der Waals surface area contributed by atoms with Crippen molar-refractivity contribution in [3.8, 4) is 0 Å². The molecule has 0 bridgehead atoms. The third-order valence-corrected chi connectivity index (χ3v) is 4.33. The van der Waals surface area contributed by atoms with Gasteiger partial charge in [0.1, 0.15) is 12.3 Å². The summed E-state index contributed by atoms with van der Waals surface area (Å²) in [6, 6.07) is 5.88. The number of carbonyl (C=O) groups is 3. The lowest BCUT2D eigenvalue weighted by molar-refractivity contribution is -0.109. The van der Waals surface area contributed by atoms with Crippen molar-refractivity contribution >= 4 is 28.4 Å². The van der Waals surface area contributed by atoms with Crippen molar-refractivity contribution < 1.29 is 22.8 Å². The van der Waals surface area contributed by atoms with Gasteiger partial charge in [-0.2, -0.15) is 0 Å². The van der Waals surface area contributed by atoms with Crippen molar-refractivity contribution in [3.63, 3.8) is 0 Å². The maximum absolute atomic E-state index is 12.1. The molecule has 1 N–H and O–H groups in total. The average molecular weight is 325 g/mol. The minimum atomic E-state index is -3.71. The van der Waals surface area contributed by atoms with Crippen LogP contribution in [-0.4, -0.2) is 55.3 Å². The summed E-state index contributed by atoms with van der Waals surface area (Å²) in [5.41, 5.74) is 0.567. The molecule has 0 aromatic heterocycles. The first-order chi connectivity index (χ1) is 10.3. The van der Waals surface area contributed by atoms with Crippen molar-refractivity contribution in [2.45, 2.75) is 6.04 Å². The third kappa shape index (κ3) is 3.25. The molecule has 1 aliphatic heterocycles. The van der Waals surface area contributed by atoms with Crippen LogP contribution in [0.15, 0.2) is 30.3 Å². The van der Waals surface area contributed by atoms with E-state index in [0.717, 1.165) is 11.2 Å². The Balaban J connectivity index is 2.10. The van der Waals surface area contributed by atoms with Crippen molar-refractivity contribution in [2.75, 3.05) is 19.3 Å². The first kappa shape index (κ1) is 16.0. The fourth-order valence-electron chi connectivity index (χ4n) is 2.08. The van der Waals surface area contributed by atoms with Crippen LogP contribution in [0.25, 0.3) is 0 Å². The number of benzene rings is 1. The molecule has 2 rings (SSSR count). The SMILES string of the molecule is CS(=O)(=O)N1CCN(C(=O)NC(C=O)c2ccccc2)C1=O. The van der Waals surface area contributed by atoms with E-state index in [0.29, 0.717) is 16.2 Å². The van der Waals surface area contributed by atoms with Gasteiger partial charge in [0.2, 0.25) is 10.0 Å². The van der Waals surface area contributed by atoms with Gasteiger partial charge in [-0.05, 0) is 5.56 Å². The zero-order valence-electron chi connectivity index (χ0n) is 11.8. The molecule has 1 unspecified atom stereocenters. The predicted octanol–water partition coefficient (Wildman–Crippen LogP) is 0.333. The van der Waals surface area contributed by atoms with Gasteiger partial charge in [0.15, 0.2) is 0 Å². The molecule has 0 saturated carbocycles. The number of urea groups is 2. The third-order valence-electron chi connectivity index (χ3n) is 3.19. The van der Waals surface area contributed by atoms with Gasteiger partial charge in [0, 0.05) is 0 Å². The summed E-state index contributed by atoms with van der Waals surface area (Å²) < 4.78 is 23.4. The van der Waals surface area contributed by atoms with Crippen LogP contribution in [0.4, 0.5) is 9.59 Å². The number of sulfonamides is 1. The van der Waals surface area contributed by atoms with E-state index in [-0.39, 0.29) is 13.1 Å². The van der Waals surface area contributed by atoms with Gasteiger partial charge in [-0.3, -0.25) is 0 Å². The Morgan fingerprint density at radius 1 is 1.27 bits per heavy atom. The Hall–Kier alpha value is -2.42. The molecule has 118 valence electrons.